The van der Waals surface area contributed by atoms with E-state index in [1.54, 1.807) is 15.7 Å². The van der Waals surface area contributed by atoms with Gasteiger partial charge in [-0.25, -0.2) is 9.18 Å². The molecule has 1 aliphatic carbocycles. The Balaban J connectivity index is 1.54. The molecule has 1 unspecified atom stereocenters. The van der Waals surface area contributed by atoms with Crippen LogP contribution in [0.5, 0.6) is 0 Å². The van der Waals surface area contributed by atoms with Crippen LogP contribution in [0.2, 0.25) is 0 Å². The van der Waals surface area contributed by atoms with E-state index in [1.165, 1.54) is 11.0 Å². The number of nitrogens with two attached hydrogens (primary N) is 1. The van der Waals surface area contributed by atoms with Crippen LogP contribution in [0.15, 0.2) is 48.3 Å². The minimum absolute atomic E-state index is 0.0617. The van der Waals surface area contributed by atoms with Crippen molar-refractivity contribution in [1.82, 2.24) is 24.9 Å². The van der Waals surface area contributed by atoms with Gasteiger partial charge < -0.3 is 20.9 Å². The van der Waals surface area contributed by atoms with Crippen molar-refractivity contribution in [2.45, 2.75) is 39.8 Å². The van der Waals surface area contributed by atoms with Gasteiger partial charge in [-0.05, 0) is 30.1 Å². The fourth-order valence-corrected chi connectivity index (χ4v) is 4.61. The third-order valence-electron chi connectivity index (χ3n) is 6.72. The zero-order valence-electron chi connectivity index (χ0n) is 20.9. The Kier molecular flexibility index (Phi) is 7.14. The first-order valence-electron chi connectivity index (χ1n) is 12.2. The molecule has 2 heterocycles. The first-order chi connectivity index (χ1) is 17.0. The summed E-state index contributed by atoms with van der Waals surface area (Å²) in [5.41, 5.74) is 5.84. The maximum absolute atomic E-state index is 13.5. The molecule has 10 heteroatoms. The van der Waals surface area contributed by atoms with Crippen LogP contribution in [0, 0.1) is 11.3 Å². The van der Waals surface area contributed by atoms with E-state index in [-0.39, 0.29) is 23.3 Å². The third-order valence-corrected chi connectivity index (χ3v) is 6.72. The van der Waals surface area contributed by atoms with Gasteiger partial charge in [-0.15, -0.1) is 0 Å². The molecule has 1 aromatic heterocycles. The number of benzene rings is 1. The van der Waals surface area contributed by atoms with E-state index in [1.807, 2.05) is 51.1 Å². The largest absolute Gasteiger partial charge is 0.351 e. The van der Waals surface area contributed by atoms with Gasteiger partial charge in [0.05, 0.1) is 5.52 Å². The molecule has 0 radical (unpaired) electrons. The van der Waals surface area contributed by atoms with Crippen LogP contribution < -0.4 is 11.1 Å². The average molecular weight is 497 g/mol. The molecular weight excluding hydrogens is 463 g/mol. The molecule has 0 spiro atoms. The number of carbonyl (C=O) groups is 3. The highest BCUT2D eigenvalue weighted by molar-refractivity contribution is 6.06. The molecule has 1 aliphatic heterocycles. The number of fused-ring (bicyclic) bond motifs is 1. The number of primary amides is 1. The van der Waals surface area contributed by atoms with Gasteiger partial charge in [-0.2, -0.15) is 5.10 Å². The Morgan fingerprint density at radius 3 is 2.42 bits per heavy atom. The molecule has 2 aliphatic rings. The lowest BCUT2D eigenvalue weighted by atomic mass is 9.85. The Morgan fingerprint density at radius 2 is 1.81 bits per heavy atom. The number of hydrogen-bond acceptors (Lipinski definition) is 4. The van der Waals surface area contributed by atoms with Gasteiger partial charge in [0.25, 0.3) is 5.91 Å². The number of nitrogens with one attached hydrogen (secondary N) is 1. The second-order valence-electron chi connectivity index (χ2n) is 10.4. The topological polar surface area (TPSA) is 114 Å². The second-order valence-corrected chi connectivity index (χ2v) is 10.4. The summed E-state index contributed by atoms with van der Waals surface area (Å²) in [5, 5.41) is 8.23. The number of rotatable bonds is 5. The van der Waals surface area contributed by atoms with E-state index in [2.05, 4.69) is 10.4 Å². The van der Waals surface area contributed by atoms with Crippen molar-refractivity contribution in [2.24, 2.45) is 17.1 Å². The Bertz CT molecular complexity index is 1220. The fourth-order valence-electron chi connectivity index (χ4n) is 4.61. The lowest BCUT2D eigenvalue weighted by Gasteiger charge is -2.39. The van der Waals surface area contributed by atoms with Gasteiger partial charge >= 0.3 is 6.03 Å². The quantitative estimate of drug-likeness (QED) is 0.663. The number of nitrogens with zero attached hydrogens (tertiary/aromatic N) is 4. The Labute approximate surface area is 209 Å². The number of allylic oxidation sites excluding steroid dienone is 4. The zero-order chi connectivity index (χ0) is 26.0. The first kappa shape index (κ1) is 25.4. The zero-order valence-corrected chi connectivity index (χ0v) is 20.9. The standard InChI is InChI=1S/C26H33FN6O3/c1-26(2,3)22(24(35)31-12-14-32(15-13-31)25(28)36)29-23(34)21-19-6-4-5-7-20(19)33(30-21)16-17-8-10-18(27)11-9-17/h4-8,10-11,17,22H,9,12-16H2,1-3H3,(H2,28,36)(H,29,34)/t17?,22-/m1/s1. The second kappa shape index (κ2) is 10.1. The highest BCUT2D eigenvalue weighted by Crippen LogP contribution is 2.26. The first-order valence-corrected chi connectivity index (χ1v) is 12.2. The molecule has 1 fully saturated rings. The summed E-state index contributed by atoms with van der Waals surface area (Å²) in [6, 6.07) is 6.16. The van der Waals surface area contributed by atoms with E-state index in [9.17, 15) is 18.8 Å². The van der Waals surface area contributed by atoms with E-state index in [4.69, 9.17) is 5.73 Å². The van der Waals surface area contributed by atoms with Gasteiger partial charge in [0.15, 0.2) is 5.69 Å². The number of hydrogen-bond donors (Lipinski definition) is 2. The number of halogens is 1. The highest BCUT2D eigenvalue weighted by Gasteiger charge is 2.37. The molecule has 9 nitrogen and oxygen atoms in total. The van der Waals surface area contributed by atoms with Crippen LogP contribution >= 0.6 is 0 Å². The molecule has 2 atom stereocenters. The van der Waals surface area contributed by atoms with E-state index in [0.717, 1.165) is 5.52 Å². The van der Waals surface area contributed by atoms with Gasteiger partial charge in [0, 0.05) is 44.0 Å². The lowest BCUT2D eigenvalue weighted by molar-refractivity contribution is -0.137. The summed E-state index contributed by atoms with van der Waals surface area (Å²) in [6.45, 7) is 7.61. The van der Waals surface area contributed by atoms with Gasteiger partial charge in [-0.1, -0.05) is 45.0 Å². The molecule has 0 bridgehead atoms. The van der Waals surface area contributed by atoms with Gasteiger partial charge in [0.1, 0.15) is 11.9 Å². The molecule has 4 rings (SSSR count). The van der Waals surface area contributed by atoms with Crippen LogP contribution in [0.1, 0.15) is 37.7 Å². The molecule has 1 aromatic carbocycles. The highest BCUT2D eigenvalue weighted by atomic mass is 19.1. The molecule has 4 amide bonds. The van der Waals surface area contributed by atoms with Crippen molar-refractivity contribution in [3.8, 4) is 0 Å². The van der Waals surface area contributed by atoms with Gasteiger partial charge in [0.2, 0.25) is 5.91 Å². The summed E-state index contributed by atoms with van der Waals surface area (Å²) in [4.78, 5) is 41.5. The van der Waals surface area contributed by atoms with E-state index < -0.39 is 23.4 Å². The summed E-state index contributed by atoms with van der Waals surface area (Å²) in [5.74, 6) is -0.818. The van der Waals surface area contributed by atoms with E-state index in [0.29, 0.717) is 44.5 Å². The minimum atomic E-state index is -0.788. The van der Waals surface area contributed by atoms with Crippen molar-refractivity contribution < 1.29 is 18.8 Å². The summed E-state index contributed by atoms with van der Waals surface area (Å²) >= 11 is 0. The van der Waals surface area contributed by atoms with E-state index >= 15 is 0 Å². The van der Waals surface area contributed by atoms with Crippen molar-refractivity contribution in [3.63, 3.8) is 0 Å². The predicted molar refractivity (Wildman–Crippen MR) is 135 cm³/mol. The van der Waals surface area contributed by atoms with Crippen LogP contribution in [-0.2, 0) is 11.3 Å². The number of aromatic nitrogens is 2. The van der Waals surface area contributed by atoms with Crippen LogP contribution in [0.4, 0.5) is 9.18 Å². The summed E-state index contributed by atoms with van der Waals surface area (Å²) in [7, 11) is 0. The predicted octanol–water partition coefficient (Wildman–Crippen LogP) is 2.83. The van der Waals surface area contributed by atoms with Crippen molar-refractivity contribution in [2.75, 3.05) is 26.2 Å². The maximum Gasteiger partial charge on any atom is 0.314 e. The summed E-state index contributed by atoms with van der Waals surface area (Å²) in [6.07, 6.45) is 5.38. The van der Waals surface area contributed by atoms with Crippen molar-refractivity contribution in [1.29, 1.82) is 0 Å². The maximum atomic E-state index is 13.5. The normalized spacial score (nSPS) is 19.2. The monoisotopic (exact) mass is 496 g/mol. The van der Waals surface area contributed by atoms with Crippen LogP contribution in [0.3, 0.4) is 0 Å². The molecule has 0 saturated carbocycles. The van der Waals surface area contributed by atoms with Crippen LogP contribution in [-0.4, -0.2) is 69.6 Å². The minimum Gasteiger partial charge on any atom is -0.351 e. The van der Waals surface area contributed by atoms with Crippen molar-refractivity contribution in [3.05, 3.63) is 54.0 Å². The molecule has 192 valence electrons. The molecule has 3 N–H and O–H groups in total. The average Bonchev–Trinajstić information content (AvgIpc) is 3.21. The number of urea groups is 1. The summed E-state index contributed by atoms with van der Waals surface area (Å²) < 4.78 is 15.1. The number of carbonyl (C=O) groups excluding carboxylic acids is 3. The molecule has 2 aromatic rings. The number of piperazine rings is 1. The smallest absolute Gasteiger partial charge is 0.314 e. The molecule has 1 saturated heterocycles. The lowest BCUT2D eigenvalue weighted by Crippen LogP contribution is -2.59. The van der Waals surface area contributed by atoms with Gasteiger partial charge in [-0.3, -0.25) is 14.3 Å². The number of amides is 4. The Hall–Kier alpha value is -3.69. The molecule has 36 heavy (non-hydrogen) atoms. The SMILES string of the molecule is CC(C)(C)[C@H](NC(=O)c1nn(CC2C=CC(F)=CC2)c2ccccc12)C(=O)N1CCN(C(N)=O)CC1. The molecular formula is C26H33FN6O3. The Morgan fingerprint density at radius 1 is 1.14 bits per heavy atom. The number of para-hydroxylation sites is 1. The van der Waals surface area contributed by atoms with Crippen molar-refractivity contribution >= 4 is 28.7 Å². The van der Waals surface area contributed by atoms with Crippen LogP contribution in [0.25, 0.3) is 10.9 Å². The third kappa shape index (κ3) is 5.42. The fraction of sp³-hybridized carbons (Fsp3) is 0.462.